The Morgan fingerprint density at radius 3 is 2.16 bits per heavy atom. The molecule has 0 atom stereocenters. The van der Waals surface area contributed by atoms with Crippen LogP contribution in [0.15, 0.2) is 78.5 Å². The van der Waals surface area contributed by atoms with Gasteiger partial charge < -0.3 is 10.1 Å². The fourth-order valence-electron chi connectivity index (χ4n) is 3.67. The smallest absolute Gasteiger partial charge is 0.282 e. The highest BCUT2D eigenvalue weighted by molar-refractivity contribution is 6.46. The second kappa shape index (κ2) is 8.67. The minimum atomic E-state index is -0.488. The van der Waals surface area contributed by atoms with E-state index >= 15 is 0 Å². The molecule has 0 bridgehead atoms. The van der Waals surface area contributed by atoms with Crippen LogP contribution in [0.4, 0.5) is 15.8 Å². The van der Waals surface area contributed by atoms with Gasteiger partial charge in [-0.15, -0.1) is 0 Å². The Balaban J connectivity index is 1.81. The van der Waals surface area contributed by atoms with Gasteiger partial charge in [-0.25, -0.2) is 9.29 Å². The van der Waals surface area contributed by atoms with Crippen molar-refractivity contribution < 1.29 is 18.7 Å². The monoisotopic (exact) mass is 430 g/mol. The molecule has 0 saturated heterocycles. The van der Waals surface area contributed by atoms with E-state index in [9.17, 15) is 14.0 Å². The van der Waals surface area contributed by atoms with E-state index in [0.717, 1.165) is 10.5 Å². The molecule has 5 nitrogen and oxygen atoms in total. The minimum absolute atomic E-state index is 0.110. The largest absolute Gasteiger partial charge is 0.496 e. The van der Waals surface area contributed by atoms with Crippen LogP contribution in [-0.4, -0.2) is 18.9 Å². The molecule has 1 heterocycles. The van der Waals surface area contributed by atoms with Crippen LogP contribution >= 0.6 is 0 Å². The van der Waals surface area contributed by atoms with Crippen molar-refractivity contribution in [3.63, 3.8) is 0 Å². The van der Waals surface area contributed by atoms with Gasteiger partial charge in [0.2, 0.25) is 0 Å². The minimum Gasteiger partial charge on any atom is -0.496 e. The highest BCUT2D eigenvalue weighted by atomic mass is 19.1. The van der Waals surface area contributed by atoms with Gasteiger partial charge in [-0.2, -0.15) is 0 Å². The van der Waals surface area contributed by atoms with Crippen LogP contribution in [0.2, 0.25) is 0 Å². The number of carbonyl (C=O) groups is 2. The maximum absolute atomic E-state index is 13.6. The molecule has 162 valence electrons. The van der Waals surface area contributed by atoms with Crippen LogP contribution in [-0.2, 0) is 9.59 Å². The average molecular weight is 430 g/mol. The number of nitrogens with zero attached hydrogens (tertiary/aromatic N) is 1. The third-order valence-corrected chi connectivity index (χ3v) is 5.39. The summed E-state index contributed by atoms with van der Waals surface area (Å²) < 4.78 is 18.8. The van der Waals surface area contributed by atoms with Gasteiger partial charge in [-0.1, -0.05) is 44.2 Å². The van der Waals surface area contributed by atoms with E-state index in [1.54, 1.807) is 36.4 Å². The first-order chi connectivity index (χ1) is 15.4. The number of methoxy groups -OCH3 is 1. The lowest BCUT2D eigenvalue weighted by molar-refractivity contribution is -0.120. The third-order valence-electron chi connectivity index (χ3n) is 5.39. The number of anilines is 2. The Hall–Kier alpha value is -3.93. The van der Waals surface area contributed by atoms with Crippen molar-refractivity contribution in [1.82, 2.24) is 0 Å². The van der Waals surface area contributed by atoms with Crippen molar-refractivity contribution in [3.05, 3.63) is 95.4 Å². The number of nitrogens with one attached hydrogen (secondary N) is 1. The van der Waals surface area contributed by atoms with Gasteiger partial charge in [-0.3, -0.25) is 9.59 Å². The molecule has 1 aliphatic heterocycles. The number of ether oxygens (including phenoxy) is 1. The first-order valence-corrected chi connectivity index (χ1v) is 10.3. The Morgan fingerprint density at radius 1 is 0.875 bits per heavy atom. The quantitative estimate of drug-likeness (QED) is 0.536. The molecule has 6 heteroatoms. The standard InChI is InChI=1S/C26H23FN2O3/c1-16(2)17-8-14-20(15-9-17)29-25(30)23(21-6-4-5-7-22(21)32-3)24(26(29)31)28-19-12-10-18(27)11-13-19/h4-16,28H,1-3H3. The molecule has 3 aromatic carbocycles. The number of halogens is 1. The van der Waals surface area contributed by atoms with Crippen LogP contribution in [0.1, 0.15) is 30.9 Å². The van der Waals surface area contributed by atoms with E-state index in [4.69, 9.17) is 4.74 Å². The molecule has 0 radical (unpaired) electrons. The third kappa shape index (κ3) is 3.87. The van der Waals surface area contributed by atoms with Crippen LogP contribution in [0.25, 0.3) is 5.57 Å². The predicted molar refractivity (Wildman–Crippen MR) is 123 cm³/mol. The zero-order valence-electron chi connectivity index (χ0n) is 18.1. The lowest BCUT2D eigenvalue weighted by atomic mass is 10.0. The summed E-state index contributed by atoms with van der Waals surface area (Å²) in [4.78, 5) is 28.2. The van der Waals surface area contributed by atoms with Gasteiger partial charge in [-0.05, 0) is 53.9 Å². The molecule has 0 unspecified atom stereocenters. The first-order valence-electron chi connectivity index (χ1n) is 10.3. The molecular weight excluding hydrogens is 407 g/mol. The van der Waals surface area contributed by atoms with Gasteiger partial charge in [0, 0.05) is 11.3 Å². The summed E-state index contributed by atoms with van der Waals surface area (Å²) in [6.45, 7) is 4.15. The second-order valence-electron chi connectivity index (χ2n) is 7.77. The Labute approximate surface area is 186 Å². The van der Waals surface area contributed by atoms with Crippen LogP contribution < -0.4 is 15.0 Å². The summed E-state index contributed by atoms with van der Waals surface area (Å²) in [5, 5.41) is 3.02. The number of benzene rings is 3. The van der Waals surface area contributed by atoms with Crippen LogP contribution in [0, 0.1) is 5.82 Å². The summed E-state index contributed by atoms with van der Waals surface area (Å²) in [5.74, 6) is -0.542. The highest BCUT2D eigenvalue weighted by Crippen LogP contribution is 2.37. The van der Waals surface area contributed by atoms with Gasteiger partial charge in [0.25, 0.3) is 11.8 Å². The maximum Gasteiger partial charge on any atom is 0.282 e. The maximum atomic E-state index is 13.6. The predicted octanol–water partition coefficient (Wildman–Crippen LogP) is 5.35. The molecule has 1 aliphatic rings. The molecule has 4 rings (SSSR count). The normalized spacial score (nSPS) is 13.8. The lowest BCUT2D eigenvalue weighted by Gasteiger charge is -2.17. The summed E-state index contributed by atoms with van der Waals surface area (Å²) in [7, 11) is 1.51. The number of hydrogen-bond acceptors (Lipinski definition) is 4. The summed E-state index contributed by atoms with van der Waals surface area (Å²) in [5.41, 5.74) is 2.89. The van der Waals surface area contributed by atoms with E-state index in [-0.39, 0.29) is 11.3 Å². The summed E-state index contributed by atoms with van der Waals surface area (Å²) >= 11 is 0. The second-order valence-corrected chi connectivity index (χ2v) is 7.77. The van der Waals surface area contributed by atoms with Gasteiger partial charge in [0.05, 0.1) is 18.4 Å². The Morgan fingerprint density at radius 2 is 1.53 bits per heavy atom. The topological polar surface area (TPSA) is 58.6 Å². The van der Waals surface area contributed by atoms with Crippen molar-refractivity contribution in [3.8, 4) is 5.75 Å². The van der Waals surface area contributed by atoms with E-state index in [0.29, 0.717) is 28.6 Å². The molecule has 2 amide bonds. The van der Waals surface area contributed by atoms with Crippen molar-refractivity contribution in [2.45, 2.75) is 19.8 Å². The summed E-state index contributed by atoms with van der Waals surface area (Å²) in [6.07, 6.45) is 0. The van der Waals surface area contributed by atoms with Crippen LogP contribution in [0.3, 0.4) is 0 Å². The van der Waals surface area contributed by atoms with Crippen LogP contribution in [0.5, 0.6) is 5.75 Å². The number of carbonyl (C=O) groups excluding carboxylic acids is 2. The van der Waals surface area contributed by atoms with Crippen molar-refractivity contribution in [2.24, 2.45) is 0 Å². The molecule has 0 aliphatic carbocycles. The van der Waals surface area contributed by atoms with Gasteiger partial charge >= 0.3 is 0 Å². The number of para-hydroxylation sites is 1. The Kier molecular flexibility index (Phi) is 5.77. The lowest BCUT2D eigenvalue weighted by Crippen LogP contribution is -2.32. The van der Waals surface area contributed by atoms with Gasteiger partial charge in [0.15, 0.2) is 0 Å². The van der Waals surface area contributed by atoms with E-state index in [1.807, 2.05) is 12.1 Å². The molecule has 0 fully saturated rings. The highest BCUT2D eigenvalue weighted by Gasteiger charge is 2.41. The zero-order chi connectivity index (χ0) is 22.8. The van der Waals surface area contributed by atoms with E-state index < -0.39 is 17.6 Å². The first kappa shape index (κ1) is 21.3. The fourth-order valence-corrected chi connectivity index (χ4v) is 3.67. The molecule has 32 heavy (non-hydrogen) atoms. The molecule has 0 aromatic heterocycles. The molecule has 0 spiro atoms. The fraction of sp³-hybridized carbons (Fsp3) is 0.154. The number of hydrogen-bond donors (Lipinski definition) is 1. The van der Waals surface area contributed by atoms with Crippen molar-refractivity contribution in [1.29, 1.82) is 0 Å². The van der Waals surface area contributed by atoms with Gasteiger partial charge in [0.1, 0.15) is 17.3 Å². The van der Waals surface area contributed by atoms with E-state index in [1.165, 1.54) is 31.4 Å². The molecule has 1 N–H and O–H groups in total. The van der Waals surface area contributed by atoms with Crippen molar-refractivity contribution in [2.75, 3.05) is 17.3 Å². The molecule has 0 saturated carbocycles. The average Bonchev–Trinajstić information content (AvgIpc) is 3.04. The number of imide groups is 1. The molecule has 3 aromatic rings. The number of rotatable bonds is 6. The number of amides is 2. The molecular formula is C26H23FN2O3. The Bertz CT molecular complexity index is 1200. The SMILES string of the molecule is COc1ccccc1C1=C(Nc2ccc(F)cc2)C(=O)N(c2ccc(C(C)C)cc2)C1=O. The zero-order valence-corrected chi connectivity index (χ0v) is 18.1. The van der Waals surface area contributed by atoms with Crippen molar-refractivity contribution >= 4 is 28.8 Å². The summed E-state index contributed by atoms with van der Waals surface area (Å²) in [6, 6.07) is 20.0. The van der Waals surface area contributed by atoms with E-state index in [2.05, 4.69) is 19.2 Å².